The molecule has 2 heterocycles. The molecule has 1 aromatic heterocycles. The maximum atomic E-state index is 12.4. The van der Waals surface area contributed by atoms with Crippen molar-refractivity contribution in [1.29, 1.82) is 5.26 Å². The second-order valence-electron chi connectivity index (χ2n) is 5.18. The molecule has 0 bridgehead atoms. The van der Waals surface area contributed by atoms with Crippen molar-refractivity contribution in [2.75, 3.05) is 26.2 Å². The van der Waals surface area contributed by atoms with Gasteiger partial charge >= 0.3 is 0 Å². The monoisotopic (exact) mass is 275 g/mol. The van der Waals surface area contributed by atoms with Crippen LogP contribution in [0.5, 0.6) is 0 Å². The molecule has 1 atom stereocenters. The molecule has 1 aliphatic heterocycles. The molecule has 1 amide bonds. The summed E-state index contributed by atoms with van der Waals surface area (Å²) in [7, 11) is 1.82. The van der Waals surface area contributed by atoms with Crippen LogP contribution in [0.2, 0.25) is 0 Å². The molecule has 0 aromatic carbocycles. The van der Waals surface area contributed by atoms with Crippen LogP contribution in [-0.4, -0.2) is 57.7 Å². The predicted molar refractivity (Wildman–Crippen MR) is 75.1 cm³/mol. The van der Waals surface area contributed by atoms with Crippen molar-refractivity contribution in [1.82, 2.24) is 19.6 Å². The summed E-state index contributed by atoms with van der Waals surface area (Å²) in [4.78, 5) is 16.4. The molecular formula is C14H21N5O. The Morgan fingerprint density at radius 1 is 1.45 bits per heavy atom. The third-order valence-corrected chi connectivity index (χ3v) is 3.82. The minimum absolute atomic E-state index is 0.0348. The van der Waals surface area contributed by atoms with Crippen LogP contribution >= 0.6 is 0 Å². The smallest absolute Gasteiger partial charge is 0.257 e. The number of hydrogen-bond acceptors (Lipinski definition) is 4. The summed E-state index contributed by atoms with van der Waals surface area (Å²) < 4.78 is 1.67. The fourth-order valence-electron chi connectivity index (χ4n) is 2.65. The molecule has 108 valence electrons. The van der Waals surface area contributed by atoms with Crippen LogP contribution in [0.15, 0.2) is 6.20 Å². The molecule has 1 unspecified atom stereocenters. The predicted octanol–water partition coefficient (Wildman–Crippen LogP) is 0.788. The highest BCUT2D eigenvalue weighted by molar-refractivity contribution is 5.95. The molecule has 2 rings (SSSR count). The minimum atomic E-state index is -0.0348. The SMILES string of the molecule is CCC(C#N)N1CCN(C(=O)c2cn(C)nc2C)CC1. The molecule has 0 radical (unpaired) electrons. The lowest BCUT2D eigenvalue weighted by molar-refractivity contribution is 0.0604. The Morgan fingerprint density at radius 3 is 2.55 bits per heavy atom. The van der Waals surface area contributed by atoms with Gasteiger partial charge in [-0.1, -0.05) is 6.92 Å². The Bertz CT molecular complexity index is 522. The molecule has 0 saturated carbocycles. The summed E-state index contributed by atoms with van der Waals surface area (Å²) in [6.07, 6.45) is 2.60. The second kappa shape index (κ2) is 6.06. The molecule has 0 N–H and O–H groups in total. The van der Waals surface area contributed by atoms with Crippen molar-refractivity contribution in [2.24, 2.45) is 7.05 Å². The van der Waals surface area contributed by atoms with Crippen LogP contribution in [0.1, 0.15) is 29.4 Å². The summed E-state index contributed by atoms with van der Waals surface area (Å²) in [5.74, 6) is 0.0419. The van der Waals surface area contributed by atoms with Gasteiger partial charge < -0.3 is 4.90 Å². The summed E-state index contributed by atoms with van der Waals surface area (Å²) in [6, 6.07) is 2.28. The highest BCUT2D eigenvalue weighted by atomic mass is 16.2. The third-order valence-electron chi connectivity index (χ3n) is 3.82. The van der Waals surface area contributed by atoms with Gasteiger partial charge in [-0.05, 0) is 13.3 Å². The first-order chi connectivity index (χ1) is 9.56. The number of rotatable bonds is 3. The van der Waals surface area contributed by atoms with Gasteiger partial charge in [-0.3, -0.25) is 14.4 Å². The molecule has 1 aliphatic rings. The maximum Gasteiger partial charge on any atom is 0.257 e. The van der Waals surface area contributed by atoms with E-state index in [1.54, 1.807) is 10.9 Å². The quantitative estimate of drug-likeness (QED) is 0.818. The van der Waals surface area contributed by atoms with E-state index < -0.39 is 0 Å². The van der Waals surface area contributed by atoms with Crippen molar-refractivity contribution >= 4 is 5.91 Å². The van der Waals surface area contributed by atoms with Gasteiger partial charge in [-0.25, -0.2) is 0 Å². The Kier molecular flexibility index (Phi) is 4.40. The van der Waals surface area contributed by atoms with Gasteiger partial charge in [0.1, 0.15) is 0 Å². The van der Waals surface area contributed by atoms with Crippen molar-refractivity contribution in [3.63, 3.8) is 0 Å². The fraction of sp³-hybridized carbons (Fsp3) is 0.643. The second-order valence-corrected chi connectivity index (χ2v) is 5.18. The summed E-state index contributed by atoms with van der Waals surface area (Å²) in [5, 5.41) is 13.3. The number of aryl methyl sites for hydroxylation is 2. The van der Waals surface area contributed by atoms with Crippen LogP contribution in [0.3, 0.4) is 0 Å². The first-order valence-electron chi connectivity index (χ1n) is 7.00. The molecule has 0 spiro atoms. The summed E-state index contributed by atoms with van der Waals surface area (Å²) in [5.41, 5.74) is 1.44. The Labute approximate surface area is 119 Å². The average Bonchev–Trinajstić information content (AvgIpc) is 2.79. The van der Waals surface area contributed by atoms with Gasteiger partial charge in [0.25, 0.3) is 5.91 Å². The van der Waals surface area contributed by atoms with Crippen LogP contribution in [0.4, 0.5) is 0 Å². The molecule has 20 heavy (non-hydrogen) atoms. The first kappa shape index (κ1) is 14.5. The lowest BCUT2D eigenvalue weighted by Gasteiger charge is -2.36. The Hall–Kier alpha value is -1.87. The summed E-state index contributed by atoms with van der Waals surface area (Å²) in [6.45, 7) is 6.74. The summed E-state index contributed by atoms with van der Waals surface area (Å²) >= 11 is 0. The third kappa shape index (κ3) is 2.83. The van der Waals surface area contributed by atoms with Crippen LogP contribution < -0.4 is 0 Å². The number of nitrogens with zero attached hydrogens (tertiary/aromatic N) is 5. The highest BCUT2D eigenvalue weighted by Crippen LogP contribution is 2.13. The van der Waals surface area contributed by atoms with E-state index in [-0.39, 0.29) is 11.9 Å². The first-order valence-corrected chi connectivity index (χ1v) is 7.00. The number of piperazine rings is 1. The van der Waals surface area contributed by atoms with Gasteiger partial charge in [0, 0.05) is 39.4 Å². The lowest BCUT2D eigenvalue weighted by atomic mass is 10.1. The van der Waals surface area contributed by atoms with E-state index in [1.165, 1.54) is 0 Å². The number of amides is 1. The van der Waals surface area contributed by atoms with E-state index >= 15 is 0 Å². The molecule has 1 saturated heterocycles. The molecule has 1 fully saturated rings. The van der Waals surface area contributed by atoms with E-state index in [1.807, 2.05) is 25.8 Å². The normalized spacial score (nSPS) is 17.8. The van der Waals surface area contributed by atoms with Gasteiger partial charge in [-0.2, -0.15) is 10.4 Å². The molecular weight excluding hydrogens is 254 g/mol. The van der Waals surface area contributed by atoms with Crippen molar-refractivity contribution in [3.05, 3.63) is 17.5 Å². The zero-order valence-corrected chi connectivity index (χ0v) is 12.3. The van der Waals surface area contributed by atoms with Crippen molar-refractivity contribution < 1.29 is 4.79 Å². The molecule has 1 aromatic rings. The standard InChI is InChI=1S/C14H21N5O/c1-4-12(9-15)18-5-7-19(8-6-18)14(20)13-10-17(3)16-11(13)2/h10,12H,4-8H2,1-3H3. The topological polar surface area (TPSA) is 65.2 Å². The number of carbonyl (C=O) groups excluding carboxylic acids is 1. The van der Waals surface area contributed by atoms with Crippen molar-refractivity contribution in [2.45, 2.75) is 26.3 Å². The van der Waals surface area contributed by atoms with Crippen molar-refractivity contribution in [3.8, 4) is 6.07 Å². The number of nitriles is 1. The molecule has 6 nitrogen and oxygen atoms in total. The number of carbonyl (C=O) groups is 1. The molecule has 0 aliphatic carbocycles. The zero-order valence-electron chi connectivity index (χ0n) is 12.3. The van der Waals surface area contributed by atoms with Gasteiger partial charge in [0.15, 0.2) is 0 Å². The van der Waals surface area contributed by atoms with Gasteiger partial charge in [0.2, 0.25) is 0 Å². The highest BCUT2D eigenvalue weighted by Gasteiger charge is 2.27. The Morgan fingerprint density at radius 2 is 2.10 bits per heavy atom. The zero-order chi connectivity index (χ0) is 14.7. The van der Waals surface area contributed by atoms with Gasteiger partial charge in [0.05, 0.1) is 23.4 Å². The molecule has 6 heteroatoms. The minimum Gasteiger partial charge on any atom is -0.336 e. The van der Waals surface area contributed by atoms with E-state index in [2.05, 4.69) is 16.1 Å². The van der Waals surface area contributed by atoms with E-state index in [9.17, 15) is 4.79 Å². The van der Waals surface area contributed by atoms with E-state index in [0.717, 1.165) is 25.2 Å². The number of aromatic nitrogens is 2. The van der Waals surface area contributed by atoms with Crippen LogP contribution in [-0.2, 0) is 7.05 Å². The van der Waals surface area contributed by atoms with E-state index in [4.69, 9.17) is 5.26 Å². The average molecular weight is 275 g/mol. The van der Waals surface area contributed by atoms with Crippen LogP contribution in [0, 0.1) is 18.3 Å². The Balaban J connectivity index is 1.99. The number of hydrogen-bond donors (Lipinski definition) is 0. The van der Waals surface area contributed by atoms with Crippen LogP contribution in [0.25, 0.3) is 0 Å². The largest absolute Gasteiger partial charge is 0.336 e. The lowest BCUT2D eigenvalue weighted by Crippen LogP contribution is -2.51. The van der Waals surface area contributed by atoms with E-state index in [0.29, 0.717) is 18.7 Å². The van der Waals surface area contributed by atoms with Gasteiger partial charge in [-0.15, -0.1) is 0 Å². The fourth-order valence-corrected chi connectivity index (χ4v) is 2.65. The maximum absolute atomic E-state index is 12.4.